The highest BCUT2D eigenvalue weighted by Gasteiger charge is 2.25. The van der Waals surface area contributed by atoms with Crippen LogP contribution in [0.3, 0.4) is 0 Å². The summed E-state index contributed by atoms with van der Waals surface area (Å²) >= 11 is 0. The molecule has 4 rings (SSSR count). The fourth-order valence-electron chi connectivity index (χ4n) is 5.13. The maximum atomic E-state index is 14.2. The van der Waals surface area contributed by atoms with Crippen LogP contribution in [0.1, 0.15) is 39.3 Å². The number of morpholine rings is 1. The van der Waals surface area contributed by atoms with Gasteiger partial charge < -0.3 is 30.1 Å². The number of nitrogens with zero attached hydrogens (tertiary/aromatic N) is 3. The zero-order chi connectivity index (χ0) is 24.9. The molecule has 2 N–H and O–H groups in total. The number of anilines is 3. The van der Waals surface area contributed by atoms with Gasteiger partial charge in [0.1, 0.15) is 5.82 Å². The molecule has 2 aliphatic heterocycles. The van der Waals surface area contributed by atoms with Crippen LogP contribution in [0.25, 0.3) is 0 Å². The number of ether oxygens (including phenoxy) is 1. The quantitative estimate of drug-likeness (QED) is 0.635. The Kier molecular flexibility index (Phi) is 8.13. The zero-order valence-corrected chi connectivity index (χ0v) is 21.3. The van der Waals surface area contributed by atoms with Gasteiger partial charge in [-0.3, -0.25) is 0 Å². The van der Waals surface area contributed by atoms with Gasteiger partial charge in [-0.05, 0) is 57.6 Å². The zero-order valence-electron chi connectivity index (χ0n) is 21.3. The summed E-state index contributed by atoms with van der Waals surface area (Å²) in [6.07, 6.45) is 0.234. The lowest BCUT2D eigenvalue weighted by atomic mass is 10.0. The predicted molar refractivity (Wildman–Crippen MR) is 140 cm³/mol. The van der Waals surface area contributed by atoms with Gasteiger partial charge in [0.25, 0.3) is 0 Å². The van der Waals surface area contributed by atoms with Gasteiger partial charge in [0.2, 0.25) is 0 Å². The molecule has 3 atom stereocenters. The number of hydrogen-bond donors (Lipinski definition) is 2. The van der Waals surface area contributed by atoms with Crippen molar-refractivity contribution in [2.75, 3.05) is 60.9 Å². The molecule has 0 bridgehead atoms. The number of halogens is 1. The number of rotatable bonds is 6. The molecule has 3 unspecified atom stereocenters. The Morgan fingerprint density at radius 1 is 1.03 bits per heavy atom. The summed E-state index contributed by atoms with van der Waals surface area (Å²) in [4.78, 5) is 20.0. The van der Waals surface area contributed by atoms with Crippen LogP contribution in [0.5, 0.6) is 0 Å². The third kappa shape index (κ3) is 6.24. The molecule has 2 saturated heterocycles. The summed E-state index contributed by atoms with van der Waals surface area (Å²) < 4.78 is 20.1. The van der Waals surface area contributed by atoms with Crippen LogP contribution in [0.2, 0.25) is 0 Å². The van der Waals surface area contributed by atoms with Crippen LogP contribution in [0.4, 0.5) is 26.2 Å². The average molecular weight is 484 g/mol. The number of para-hydroxylation sites is 2. The number of benzene rings is 2. The topological polar surface area (TPSA) is 60.1 Å². The Morgan fingerprint density at radius 2 is 1.71 bits per heavy atom. The molecule has 2 aromatic rings. The number of nitrogens with one attached hydrogen (secondary N) is 2. The first kappa shape index (κ1) is 25.3. The van der Waals surface area contributed by atoms with E-state index in [-0.39, 0.29) is 30.1 Å². The van der Waals surface area contributed by atoms with E-state index >= 15 is 0 Å². The van der Waals surface area contributed by atoms with Gasteiger partial charge in [0.05, 0.1) is 29.6 Å². The van der Waals surface area contributed by atoms with Crippen LogP contribution in [-0.2, 0) is 4.74 Å². The van der Waals surface area contributed by atoms with E-state index in [1.165, 1.54) is 12.1 Å². The van der Waals surface area contributed by atoms with Crippen molar-refractivity contribution >= 4 is 23.1 Å². The average Bonchev–Trinajstić information content (AvgIpc) is 2.83. The molecule has 2 aliphatic rings. The summed E-state index contributed by atoms with van der Waals surface area (Å²) in [7, 11) is 0. The molecule has 0 aromatic heterocycles. The van der Waals surface area contributed by atoms with Gasteiger partial charge in [-0.15, -0.1) is 0 Å². The van der Waals surface area contributed by atoms with Crippen LogP contribution >= 0.6 is 0 Å². The monoisotopic (exact) mass is 483 g/mol. The number of hydrogen-bond acceptors (Lipinski definition) is 5. The molecule has 7 nitrogen and oxygen atoms in total. The lowest BCUT2D eigenvalue weighted by Gasteiger charge is -2.38. The van der Waals surface area contributed by atoms with Crippen molar-refractivity contribution in [3.05, 3.63) is 53.8 Å². The first-order chi connectivity index (χ1) is 16.8. The van der Waals surface area contributed by atoms with Crippen LogP contribution in [0, 0.1) is 5.82 Å². The van der Waals surface area contributed by atoms with Gasteiger partial charge in [0, 0.05) is 50.5 Å². The first-order valence-corrected chi connectivity index (χ1v) is 12.7. The lowest BCUT2D eigenvalue weighted by Crippen LogP contribution is -2.46. The van der Waals surface area contributed by atoms with Gasteiger partial charge in [-0.1, -0.05) is 19.1 Å². The number of piperazine rings is 1. The van der Waals surface area contributed by atoms with E-state index in [0.717, 1.165) is 68.4 Å². The number of likely N-dealkylation sites (N-methyl/N-ethyl adjacent to an activating group) is 1. The van der Waals surface area contributed by atoms with Crippen molar-refractivity contribution in [2.45, 2.75) is 45.9 Å². The predicted octanol–water partition coefficient (Wildman–Crippen LogP) is 4.46. The SMILES string of the molecule is CCN1CCN(c2ccc(F)cc2C(C)NC(=O)Nc2ccccc2N2CC(C)OC(C)C2)CC1. The molecule has 0 saturated carbocycles. The third-order valence-electron chi connectivity index (χ3n) is 6.88. The van der Waals surface area contributed by atoms with Crippen LogP contribution in [0.15, 0.2) is 42.5 Å². The fourth-order valence-corrected chi connectivity index (χ4v) is 5.13. The Hall–Kier alpha value is -2.84. The smallest absolute Gasteiger partial charge is 0.319 e. The minimum Gasteiger partial charge on any atom is -0.372 e. The summed E-state index contributed by atoms with van der Waals surface area (Å²) in [5, 5.41) is 6.04. The Bertz CT molecular complexity index is 1000. The minimum atomic E-state index is -0.361. The van der Waals surface area contributed by atoms with Crippen molar-refractivity contribution in [3.63, 3.8) is 0 Å². The third-order valence-corrected chi connectivity index (χ3v) is 6.88. The van der Waals surface area contributed by atoms with Crippen molar-refractivity contribution < 1.29 is 13.9 Å². The molecule has 2 aromatic carbocycles. The molecule has 190 valence electrons. The van der Waals surface area contributed by atoms with Gasteiger partial charge in [-0.2, -0.15) is 0 Å². The Morgan fingerprint density at radius 3 is 2.40 bits per heavy atom. The van der Waals surface area contributed by atoms with Crippen LogP contribution in [-0.4, -0.2) is 69.0 Å². The highest BCUT2D eigenvalue weighted by Crippen LogP contribution is 2.30. The van der Waals surface area contributed by atoms with Crippen LogP contribution < -0.4 is 20.4 Å². The summed E-state index contributed by atoms with van der Waals surface area (Å²) in [5.74, 6) is -0.300. The van der Waals surface area contributed by atoms with Crippen molar-refractivity contribution in [2.24, 2.45) is 0 Å². The van der Waals surface area contributed by atoms with Gasteiger partial charge in [0.15, 0.2) is 0 Å². The van der Waals surface area contributed by atoms with E-state index in [0.29, 0.717) is 0 Å². The molecular formula is C27H38FN5O2. The van der Waals surface area contributed by atoms with E-state index in [9.17, 15) is 9.18 Å². The maximum absolute atomic E-state index is 14.2. The standard InChI is InChI=1S/C27H38FN5O2/c1-5-31-12-14-32(15-13-31)25-11-10-22(28)16-23(25)21(4)29-27(34)30-24-8-6-7-9-26(24)33-17-19(2)35-20(3)18-33/h6-11,16,19-21H,5,12-15,17-18H2,1-4H3,(H2,29,30,34). The van der Waals surface area contributed by atoms with E-state index in [2.05, 4.69) is 46.1 Å². The van der Waals surface area contributed by atoms with E-state index in [4.69, 9.17) is 4.74 Å². The van der Waals surface area contributed by atoms with Crippen molar-refractivity contribution in [3.8, 4) is 0 Å². The molecule has 2 heterocycles. The molecule has 2 fully saturated rings. The second-order valence-electron chi connectivity index (χ2n) is 9.62. The molecule has 2 amide bonds. The highest BCUT2D eigenvalue weighted by atomic mass is 19.1. The molecule has 8 heteroatoms. The lowest BCUT2D eigenvalue weighted by molar-refractivity contribution is -0.00517. The summed E-state index contributed by atoms with van der Waals surface area (Å²) in [5.41, 5.74) is 3.48. The minimum absolute atomic E-state index is 0.117. The van der Waals surface area contributed by atoms with Crippen molar-refractivity contribution in [1.29, 1.82) is 0 Å². The molecule has 0 spiro atoms. The highest BCUT2D eigenvalue weighted by molar-refractivity contribution is 5.93. The fraction of sp³-hybridized carbons (Fsp3) is 0.519. The van der Waals surface area contributed by atoms with Crippen molar-refractivity contribution in [1.82, 2.24) is 10.2 Å². The Balaban J connectivity index is 1.46. The molecule has 0 radical (unpaired) electrons. The second-order valence-corrected chi connectivity index (χ2v) is 9.62. The van der Waals surface area contributed by atoms with Gasteiger partial charge in [-0.25, -0.2) is 9.18 Å². The second kappa shape index (κ2) is 11.3. The molecule has 35 heavy (non-hydrogen) atoms. The number of amides is 2. The maximum Gasteiger partial charge on any atom is 0.319 e. The largest absolute Gasteiger partial charge is 0.372 e. The summed E-state index contributed by atoms with van der Waals surface area (Å²) in [6.45, 7) is 14.5. The number of urea groups is 1. The van der Waals surface area contributed by atoms with E-state index < -0.39 is 0 Å². The first-order valence-electron chi connectivity index (χ1n) is 12.7. The number of carbonyl (C=O) groups excluding carboxylic acids is 1. The normalized spacial score (nSPS) is 22.1. The van der Waals surface area contributed by atoms with E-state index in [1.54, 1.807) is 0 Å². The Labute approximate surface area is 208 Å². The van der Waals surface area contributed by atoms with Gasteiger partial charge >= 0.3 is 6.03 Å². The number of carbonyl (C=O) groups is 1. The molecule has 0 aliphatic carbocycles. The molecular weight excluding hydrogens is 445 g/mol. The van der Waals surface area contributed by atoms with E-state index in [1.807, 2.05) is 37.3 Å². The summed E-state index contributed by atoms with van der Waals surface area (Å²) in [6, 6.07) is 12.0.